The highest BCUT2D eigenvalue weighted by molar-refractivity contribution is 8.01. The number of nitrogens with zero attached hydrogens (tertiary/aromatic N) is 2. The van der Waals surface area contributed by atoms with Crippen LogP contribution in [0.5, 0.6) is 0 Å². The molecule has 0 aliphatic rings. The predicted molar refractivity (Wildman–Crippen MR) is 101 cm³/mol. The maximum atomic E-state index is 12.4. The van der Waals surface area contributed by atoms with Crippen LogP contribution in [0.25, 0.3) is 0 Å². The molecule has 0 radical (unpaired) electrons. The number of thioether (sulfide) groups is 1. The zero-order chi connectivity index (χ0) is 19.5. The van der Waals surface area contributed by atoms with Gasteiger partial charge >= 0.3 is 0 Å². The minimum atomic E-state index is -1.81. The van der Waals surface area contributed by atoms with E-state index in [2.05, 4.69) is 10.3 Å². The van der Waals surface area contributed by atoms with Gasteiger partial charge in [-0.1, -0.05) is 11.3 Å². The van der Waals surface area contributed by atoms with Gasteiger partial charge in [0.15, 0.2) is 10.7 Å². The molecule has 0 saturated heterocycles. The van der Waals surface area contributed by atoms with E-state index in [-0.39, 0.29) is 17.9 Å². The third-order valence-electron chi connectivity index (χ3n) is 3.44. The molecule has 2 heterocycles. The fraction of sp³-hybridized carbons (Fsp3) is 0.375. The van der Waals surface area contributed by atoms with Crippen molar-refractivity contribution in [2.24, 2.45) is 5.73 Å². The first kappa shape index (κ1) is 20.1. The van der Waals surface area contributed by atoms with Gasteiger partial charge in [-0.25, -0.2) is 4.98 Å². The van der Waals surface area contributed by atoms with Gasteiger partial charge in [-0.3, -0.25) is 19.7 Å². The molecule has 0 bridgehead atoms. The number of carbonyl (C=O) groups is 2. The summed E-state index contributed by atoms with van der Waals surface area (Å²) in [6.07, 6.45) is 1.53. The monoisotopic (exact) mass is 396 g/mol. The van der Waals surface area contributed by atoms with Crippen molar-refractivity contribution in [2.75, 3.05) is 11.1 Å². The highest BCUT2D eigenvalue weighted by Crippen LogP contribution is 2.32. The summed E-state index contributed by atoms with van der Waals surface area (Å²) >= 11 is 2.43. The van der Waals surface area contributed by atoms with E-state index in [1.807, 2.05) is 0 Å². The van der Waals surface area contributed by atoms with Crippen LogP contribution in [0.1, 0.15) is 18.2 Å². The summed E-state index contributed by atoms with van der Waals surface area (Å²) in [7, 11) is 0. The maximum absolute atomic E-state index is 12.4. The number of thiazole rings is 1. The van der Waals surface area contributed by atoms with Gasteiger partial charge in [0, 0.05) is 12.3 Å². The number of primary amides is 1. The lowest BCUT2D eigenvalue weighted by atomic mass is 10.1. The van der Waals surface area contributed by atoms with Gasteiger partial charge in [-0.2, -0.15) is 0 Å². The van der Waals surface area contributed by atoms with E-state index in [1.165, 1.54) is 46.9 Å². The highest BCUT2D eigenvalue weighted by atomic mass is 32.2. The quantitative estimate of drug-likeness (QED) is 0.597. The number of aliphatic hydroxyl groups is 1. The Bertz CT molecular complexity index is 889. The summed E-state index contributed by atoms with van der Waals surface area (Å²) in [5.41, 5.74) is 4.48. The standard InChI is InChI=1S/C16H20N4O4S2/c1-9-4-5-20(12(22)6-9)8-16(3,24)14(23)19-15-18-10(2)13(26-15)25-7-11(17)21/h4-6,24H,7-8H2,1-3H3,(H2,17,21)(H,18,19,23)/t16-/m0/s1. The van der Waals surface area contributed by atoms with E-state index < -0.39 is 17.4 Å². The van der Waals surface area contributed by atoms with Crippen LogP contribution in [0.3, 0.4) is 0 Å². The topological polar surface area (TPSA) is 127 Å². The van der Waals surface area contributed by atoms with Crippen LogP contribution in [0.4, 0.5) is 5.13 Å². The van der Waals surface area contributed by atoms with Gasteiger partial charge in [0.05, 0.1) is 22.2 Å². The van der Waals surface area contributed by atoms with Crippen molar-refractivity contribution >= 4 is 40.0 Å². The van der Waals surface area contributed by atoms with Gasteiger partial charge in [0.2, 0.25) is 5.91 Å². The van der Waals surface area contributed by atoms with Crippen molar-refractivity contribution in [1.82, 2.24) is 9.55 Å². The fourth-order valence-corrected chi connectivity index (χ4v) is 3.95. The molecule has 4 N–H and O–H groups in total. The maximum Gasteiger partial charge on any atom is 0.259 e. The van der Waals surface area contributed by atoms with Crippen LogP contribution in [0, 0.1) is 13.8 Å². The average molecular weight is 396 g/mol. The lowest BCUT2D eigenvalue weighted by molar-refractivity contribution is -0.133. The number of nitrogens with two attached hydrogens (primary N) is 1. The van der Waals surface area contributed by atoms with Crippen molar-refractivity contribution in [3.63, 3.8) is 0 Å². The second-order valence-electron chi connectivity index (χ2n) is 6.05. The molecule has 26 heavy (non-hydrogen) atoms. The zero-order valence-corrected chi connectivity index (χ0v) is 16.2. The van der Waals surface area contributed by atoms with Crippen molar-refractivity contribution in [1.29, 1.82) is 0 Å². The lowest BCUT2D eigenvalue weighted by Crippen LogP contribution is -2.45. The molecule has 0 unspecified atom stereocenters. The Morgan fingerprint density at radius 3 is 2.77 bits per heavy atom. The summed E-state index contributed by atoms with van der Waals surface area (Å²) in [5, 5.41) is 13.3. The Balaban J connectivity index is 2.09. The minimum absolute atomic E-state index is 0.116. The number of aryl methyl sites for hydroxylation is 2. The SMILES string of the molecule is Cc1ccn(C[C@](C)(O)C(=O)Nc2nc(C)c(SCC(N)=O)s2)c(=O)c1. The first-order valence-electron chi connectivity index (χ1n) is 7.68. The van der Waals surface area contributed by atoms with Crippen molar-refractivity contribution in [3.05, 3.63) is 39.9 Å². The number of pyridine rings is 1. The molecule has 0 saturated carbocycles. The van der Waals surface area contributed by atoms with E-state index >= 15 is 0 Å². The summed E-state index contributed by atoms with van der Waals surface area (Å²) in [6.45, 7) is 4.68. The molecule has 0 fully saturated rings. The second-order valence-corrected chi connectivity index (χ2v) is 8.29. The van der Waals surface area contributed by atoms with Crippen LogP contribution in [0.15, 0.2) is 27.3 Å². The number of hydrogen-bond acceptors (Lipinski definition) is 7. The molecule has 0 aliphatic carbocycles. The van der Waals surface area contributed by atoms with E-state index in [0.29, 0.717) is 10.8 Å². The summed E-state index contributed by atoms with van der Waals surface area (Å²) < 4.78 is 2.03. The largest absolute Gasteiger partial charge is 0.378 e. The molecule has 2 aromatic rings. The molecule has 0 spiro atoms. The first-order valence-corrected chi connectivity index (χ1v) is 9.48. The first-order chi connectivity index (χ1) is 12.1. The number of rotatable bonds is 7. The lowest BCUT2D eigenvalue weighted by Gasteiger charge is -2.22. The Morgan fingerprint density at radius 2 is 2.15 bits per heavy atom. The molecular weight excluding hydrogens is 376 g/mol. The van der Waals surface area contributed by atoms with Crippen molar-refractivity contribution in [3.8, 4) is 0 Å². The Morgan fingerprint density at radius 1 is 1.46 bits per heavy atom. The number of hydrogen-bond donors (Lipinski definition) is 3. The van der Waals surface area contributed by atoms with E-state index in [9.17, 15) is 19.5 Å². The number of carbonyl (C=O) groups excluding carboxylic acids is 2. The average Bonchev–Trinajstić information content (AvgIpc) is 2.87. The van der Waals surface area contributed by atoms with Crippen LogP contribution in [-0.4, -0.2) is 37.8 Å². The van der Waals surface area contributed by atoms with Crippen molar-refractivity contribution in [2.45, 2.75) is 37.1 Å². The zero-order valence-electron chi connectivity index (χ0n) is 14.6. The van der Waals surface area contributed by atoms with Crippen LogP contribution < -0.4 is 16.6 Å². The molecule has 0 aliphatic heterocycles. The van der Waals surface area contributed by atoms with Gasteiger partial charge in [-0.05, 0) is 32.4 Å². The van der Waals surface area contributed by atoms with Crippen LogP contribution in [-0.2, 0) is 16.1 Å². The molecule has 140 valence electrons. The fourth-order valence-electron chi connectivity index (χ4n) is 2.08. The van der Waals surface area contributed by atoms with E-state index in [4.69, 9.17) is 5.73 Å². The smallest absolute Gasteiger partial charge is 0.259 e. The summed E-state index contributed by atoms with van der Waals surface area (Å²) in [5.74, 6) is -1.00. The number of amides is 2. The van der Waals surface area contributed by atoms with Crippen LogP contribution >= 0.6 is 23.1 Å². The summed E-state index contributed by atoms with van der Waals surface area (Å²) in [4.78, 5) is 39.4. The Hall–Kier alpha value is -2.17. The van der Waals surface area contributed by atoms with Gasteiger partial charge in [0.25, 0.3) is 11.5 Å². The number of anilines is 1. The normalized spacial score (nSPS) is 13.2. The highest BCUT2D eigenvalue weighted by Gasteiger charge is 2.32. The minimum Gasteiger partial charge on any atom is -0.378 e. The third kappa shape index (κ3) is 5.16. The Kier molecular flexibility index (Phi) is 6.21. The van der Waals surface area contributed by atoms with Gasteiger partial charge in [-0.15, -0.1) is 11.8 Å². The predicted octanol–water partition coefficient (Wildman–Crippen LogP) is 0.889. The van der Waals surface area contributed by atoms with Crippen molar-refractivity contribution < 1.29 is 14.7 Å². The van der Waals surface area contributed by atoms with E-state index in [1.54, 1.807) is 19.9 Å². The molecule has 2 aromatic heterocycles. The summed E-state index contributed by atoms with van der Waals surface area (Å²) in [6, 6.07) is 3.15. The van der Waals surface area contributed by atoms with Gasteiger partial charge < -0.3 is 15.4 Å². The third-order valence-corrected chi connectivity index (χ3v) is 5.90. The molecular formula is C16H20N4O4S2. The molecule has 0 aromatic carbocycles. The van der Waals surface area contributed by atoms with E-state index in [0.717, 1.165) is 9.77 Å². The Labute approximate surface area is 158 Å². The number of nitrogens with one attached hydrogen (secondary N) is 1. The molecule has 1 atom stereocenters. The van der Waals surface area contributed by atoms with Crippen LogP contribution in [0.2, 0.25) is 0 Å². The molecule has 2 rings (SSSR count). The second kappa shape index (κ2) is 8.02. The molecule has 10 heteroatoms. The van der Waals surface area contributed by atoms with Gasteiger partial charge in [0.1, 0.15) is 0 Å². The number of aromatic nitrogens is 2. The molecule has 8 nitrogen and oxygen atoms in total. The molecule has 2 amide bonds.